The summed E-state index contributed by atoms with van der Waals surface area (Å²) in [6.07, 6.45) is 4.92. The minimum atomic E-state index is -0.799. The summed E-state index contributed by atoms with van der Waals surface area (Å²) in [5.74, 6) is -0.953. The van der Waals surface area contributed by atoms with E-state index in [9.17, 15) is 9.59 Å². The first kappa shape index (κ1) is 16.8. The third-order valence-electron chi connectivity index (χ3n) is 3.50. The number of furan rings is 1. The number of carbonyl (C=O) groups is 2. The first-order valence-corrected chi connectivity index (χ1v) is 7.89. The molecule has 0 saturated carbocycles. The van der Waals surface area contributed by atoms with E-state index in [1.54, 1.807) is 59.5 Å². The average Bonchev–Trinajstić information content (AvgIpc) is 3.31. The Morgan fingerprint density at radius 2 is 2.00 bits per heavy atom. The highest BCUT2D eigenvalue weighted by Crippen LogP contribution is 2.20. The van der Waals surface area contributed by atoms with Crippen molar-refractivity contribution in [3.63, 3.8) is 0 Å². The van der Waals surface area contributed by atoms with Gasteiger partial charge < -0.3 is 15.1 Å². The number of anilines is 1. The van der Waals surface area contributed by atoms with Crippen molar-refractivity contribution in [1.82, 2.24) is 15.1 Å². The second-order valence-electron chi connectivity index (χ2n) is 5.16. The number of halogens is 1. The molecule has 2 amide bonds. The zero-order chi connectivity index (χ0) is 17.6. The van der Waals surface area contributed by atoms with E-state index in [4.69, 9.17) is 16.0 Å². The highest BCUT2D eigenvalue weighted by Gasteiger charge is 2.21. The molecule has 25 heavy (non-hydrogen) atoms. The third-order valence-corrected chi connectivity index (χ3v) is 3.83. The van der Waals surface area contributed by atoms with Gasteiger partial charge in [0.15, 0.2) is 0 Å². The summed E-state index contributed by atoms with van der Waals surface area (Å²) in [7, 11) is 0. The number of aromatic nitrogens is 2. The summed E-state index contributed by atoms with van der Waals surface area (Å²) in [4.78, 5) is 24.1. The van der Waals surface area contributed by atoms with E-state index in [-0.39, 0.29) is 12.6 Å². The number of carbonyl (C=O) groups excluding carboxylic acids is 2. The molecule has 7 nitrogen and oxygen atoms in total. The maximum Gasteiger partial charge on any atom is 0.313 e. The molecule has 0 fully saturated rings. The normalized spacial score (nSPS) is 11.7. The monoisotopic (exact) mass is 358 g/mol. The molecule has 3 rings (SSSR count). The molecule has 0 bridgehead atoms. The van der Waals surface area contributed by atoms with E-state index in [2.05, 4.69) is 15.7 Å². The van der Waals surface area contributed by atoms with Crippen LogP contribution in [0.15, 0.2) is 65.5 Å². The number of rotatable bonds is 5. The lowest BCUT2D eigenvalue weighted by atomic mass is 10.2. The van der Waals surface area contributed by atoms with Crippen LogP contribution in [0, 0.1) is 0 Å². The molecule has 2 heterocycles. The highest BCUT2D eigenvalue weighted by atomic mass is 35.5. The number of amides is 2. The summed E-state index contributed by atoms with van der Waals surface area (Å²) in [6.45, 7) is 0.143. The largest absolute Gasteiger partial charge is 0.467 e. The van der Waals surface area contributed by atoms with Gasteiger partial charge in [0.25, 0.3) is 0 Å². The lowest BCUT2D eigenvalue weighted by Gasteiger charge is -2.16. The van der Waals surface area contributed by atoms with Gasteiger partial charge in [0.2, 0.25) is 0 Å². The van der Waals surface area contributed by atoms with E-state index in [1.807, 2.05) is 0 Å². The Morgan fingerprint density at radius 1 is 1.16 bits per heavy atom. The molecule has 0 aliphatic heterocycles. The third kappa shape index (κ3) is 4.07. The standard InChI is InChI=1S/C17H15ClN4O3/c18-12-5-1-2-6-13(12)21-17(24)16(23)19-11-14(15-7-3-10-25-15)22-9-4-8-20-22/h1-10,14H,11H2,(H,19,23)(H,21,24)/t14-/m1/s1. The van der Waals surface area contributed by atoms with E-state index in [0.29, 0.717) is 16.5 Å². The Morgan fingerprint density at radius 3 is 2.68 bits per heavy atom. The predicted octanol–water partition coefficient (Wildman–Crippen LogP) is 2.47. The fraction of sp³-hybridized carbons (Fsp3) is 0.118. The molecule has 128 valence electrons. The molecular formula is C17H15ClN4O3. The SMILES string of the molecule is O=C(NC[C@H](c1ccco1)n1cccn1)C(=O)Nc1ccccc1Cl. The van der Waals surface area contributed by atoms with Gasteiger partial charge >= 0.3 is 11.8 Å². The topological polar surface area (TPSA) is 89.2 Å². The number of para-hydroxylation sites is 1. The van der Waals surface area contributed by atoms with Crippen molar-refractivity contribution in [3.05, 3.63) is 71.9 Å². The smallest absolute Gasteiger partial charge is 0.313 e. The fourth-order valence-corrected chi connectivity index (χ4v) is 2.46. The second kappa shape index (κ2) is 7.67. The molecule has 1 atom stereocenters. The first-order chi connectivity index (χ1) is 12.1. The molecular weight excluding hydrogens is 344 g/mol. The number of hydrogen-bond donors (Lipinski definition) is 2. The first-order valence-electron chi connectivity index (χ1n) is 7.51. The quantitative estimate of drug-likeness (QED) is 0.686. The van der Waals surface area contributed by atoms with Crippen molar-refractivity contribution in [1.29, 1.82) is 0 Å². The molecule has 1 aromatic carbocycles. The van der Waals surface area contributed by atoms with Gasteiger partial charge in [0, 0.05) is 18.9 Å². The molecule has 0 radical (unpaired) electrons. The van der Waals surface area contributed by atoms with Crippen LogP contribution >= 0.6 is 11.6 Å². The van der Waals surface area contributed by atoms with Gasteiger partial charge in [-0.2, -0.15) is 5.10 Å². The van der Waals surface area contributed by atoms with Crippen molar-refractivity contribution in [2.24, 2.45) is 0 Å². The van der Waals surface area contributed by atoms with Gasteiger partial charge in [-0.05, 0) is 30.3 Å². The van der Waals surface area contributed by atoms with Crippen molar-refractivity contribution >= 4 is 29.1 Å². The van der Waals surface area contributed by atoms with Crippen molar-refractivity contribution in [3.8, 4) is 0 Å². The van der Waals surface area contributed by atoms with Gasteiger partial charge in [-0.25, -0.2) is 0 Å². The van der Waals surface area contributed by atoms with E-state index in [1.165, 1.54) is 6.26 Å². The minimum Gasteiger partial charge on any atom is -0.467 e. The summed E-state index contributed by atoms with van der Waals surface area (Å²) in [6, 6.07) is 11.6. The van der Waals surface area contributed by atoms with Crippen molar-refractivity contribution in [2.75, 3.05) is 11.9 Å². The van der Waals surface area contributed by atoms with Crippen LogP contribution in [0.4, 0.5) is 5.69 Å². The fourth-order valence-electron chi connectivity index (χ4n) is 2.28. The van der Waals surface area contributed by atoms with Crippen LogP contribution in [-0.4, -0.2) is 28.1 Å². The molecule has 0 unspecified atom stereocenters. The van der Waals surface area contributed by atoms with Crippen LogP contribution in [0.5, 0.6) is 0 Å². The zero-order valence-corrected chi connectivity index (χ0v) is 13.8. The second-order valence-corrected chi connectivity index (χ2v) is 5.57. The predicted molar refractivity (Wildman–Crippen MR) is 92.2 cm³/mol. The molecule has 0 spiro atoms. The van der Waals surface area contributed by atoms with Crippen LogP contribution in [-0.2, 0) is 9.59 Å². The maximum atomic E-state index is 12.1. The van der Waals surface area contributed by atoms with Gasteiger partial charge in [-0.3, -0.25) is 14.3 Å². The summed E-state index contributed by atoms with van der Waals surface area (Å²) >= 11 is 5.97. The number of nitrogens with zero attached hydrogens (tertiary/aromatic N) is 2. The molecule has 2 N–H and O–H groups in total. The minimum absolute atomic E-state index is 0.143. The molecule has 8 heteroatoms. The Hall–Kier alpha value is -3.06. The van der Waals surface area contributed by atoms with Crippen LogP contribution in [0.2, 0.25) is 5.02 Å². The molecule has 0 saturated heterocycles. The zero-order valence-electron chi connectivity index (χ0n) is 13.1. The summed E-state index contributed by atoms with van der Waals surface area (Å²) < 4.78 is 7.04. The van der Waals surface area contributed by atoms with Crippen LogP contribution in [0.1, 0.15) is 11.8 Å². The van der Waals surface area contributed by atoms with Gasteiger partial charge in [-0.15, -0.1) is 0 Å². The highest BCUT2D eigenvalue weighted by molar-refractivity contribution is 6.41. The van der Waals surface area contributed by atoms with E-state index < -0.39 is 11.8 Å². The van der Waals surface area contributed by atoms with E-state index in [0.717, 1.165) is 0 Å². The molecule has 2 aromatic heterocycles. The Bertz CT molecular complexity index is 812. The summed E-state index contributed by atoms with van der Waals surface area (Å²) in [5.41, 5.74) is 0.374. The lowest BCUT2D eigenvalue weighted by molar-refractivity contribution is -0.136. The molecule has 0 aliphatic rings. The molecule has 0 aliphatic carbocycles. The van der Waals surface area contributed by atoms with Crippen LogP contribution in [0.25, 0.3) is 0 Å². The van der Waals surface area contributed by atoms with Gasteiger partial charge in [0.05, 0.1) is 17.0 Å². The van der Waals surface area contributed by atoms with Crippen molar-refractivity contribution in [2.45, 2.75) is 6.04 Å². The number of nitrogens with one attached hydrogen (secondary N) is 2. The maximum absolute atomic E-state index is 12.1. The van der Waals surface area contributed by atoms with E-state index >= 15 is 0 Å². The van der Waals surface area contributed by atoms with Crippen LogP contribution < -0.4 is 10.6 Å². The Balaban J connectivity index is 1.64. The van der Waals surface area contributed by atoms with Crippen LogP contribution in [0.3, 0.4) is 0 Å². The number of benzene rings is 1. The number of hydrogen-bond acceptors (Lipinski definition) is 4. The molecule has 3 aromatic rings. The average molecular weight is 359 g/mol. The van der Waals surface area contributed by atoms with Crippen molar-refractivity contribution < 1.29 is 14.0 Å². The summed E-state index contributed by atoms with van der Waals surface area (Å²) in [5, 5.41) is 9.58. The van der Waals surface area contributed by atoms with Gasteiger partial charge in [-0.1, -0.05) is 23.7 Å². The Kier molecular flexibility index (Phi) is 5.15. The van der Waals surface area contributed by atoms with Gasteiger partial charge in [0.1, 0.15) is 11.8 Å². The Labute approximate surface area is 148 Å². The lowest BCUT2D eigenvalue weighted by Crippen LogP contribution is -2.39.